The quantitative estimate of drug-likeness (QED) is 0.425. The van der Waals surface area contributed by atoms with Crippen LogP contribution >= 0.6 is 0 Å². The number of aromatic nitrogens is 2. The summed E-state index contributed by atoms with van der Waals surface area (Å²) in [6.07, 6.45) is 6.73. The van der Waals surface area contributed by atoms with Crippen molar-refractivity contribution in [2.45, 2.75) is 26.3 Å². The van der Waals surface area contributed by atoms with Crippen LogP contribution in [0.15, 0.2) is 65.3 Å². The summed E-state index contributed by atoms with van der Waals surface area (Å²) >= 11 is 0. The summed E-state index contributed by atoms with van der Waals surface area (Å²) < 4.78 is 10.9. The van der Waals surface area contributed by atoms with E-state index in [1.54, 1.807) is 0 Å². The minimum atomic E-state index is 0.953. The molecule has 2 aromatic carbocycles. The van der Waals surface area contributed by atoms with Gasteiger partial charge in [0.2, 0.25) is 0 Å². The zero-order valence-electron chi connectivity index (χ0n) is 13.7. The Bertz CT molecular complexity index is 1200. The number of aryl methyl sites for hydroxylation is 1. The molecule has 5 rings (SSSR count). The highest BCUT2D eigenvalue weighted by Gasteiger charge is 2.23. The van der Waals surface area contributed by atoms with Crippen LogP contribution in [-0.2, 0) is 6.54 Å². The normalized spacial score (nSPS) is 12.0. The summed E-state index contributed by atoms with van der Waals surface area (Å²) in [5, 5.41) is 3.56. The Hall–Kier alpha value is -2.81. The van der Waals surface area contributed by atoms with Gasteiger partial charge in [0, 0.05) is 5.39 Å². The average Bonchev–Trinajstić information content (AvgIpc) is 3.21. The van der Waals surface area contributed by atoms with Gasteiger partial charge in [-0.05, 0) is 24.6 Å². The third-order valence-electron chi connectivity index (χ3n) is 4.88. The maximum Gasteiger partial charge on any atom is 0.298 e. The number of rotatable bonds is 3. The monoisotopic (exact) mass is 315 g/mol. The number of hydrogen-bond donors (Lipinski definition) is 0. The minimum absolute atomic E-state index is 0.953. The molecule has 3 aromatic heterocycles. The summed E-state index contributed by atoms with van der Waals surface area (Å²) in [5.74, 6) is 0. The van der Waals surface area contributed by atoms with E-state index >= 15 is 0 Å². The third kappa shape index (κ3) is 1.75. The Kier molecular flexibility index (Phi) is 2.89. The number of pyridine rings is 1. The van der Waals surface area contributed by atoms with Gasteiger partial charge < -0.3 is 4.42 Å². The molecule has 0 saturated carbocycles. The highest BCUT2D eigenvalue weighted by molar-refractivity contribution is 6.19. The lowest BCUT2D eigenvalue weighted by Crippen LogP contribution is -2.32. The van der Waals surface area contributed by atoms with Crippen molar-refractivity contribution in [3.8, 4) is 0 Å². The topological polar surface area (TPSA) is 21.4 Å². The van der Waals surface area contributed by atoms with Gasteiger partial charge in [0.25, 0.3) is 5.65 Å². The molecule has 118 valence electrons. The zero-order valence-corrected chi connectivity index (χ0v) is 13.7. The van der Waals surface area contributed by atoms with Crippen LogP contribution in [0, 0.1) is 0 Å². The van der Waals surface area contributed by atoms with Crippen LogP contribution in [0.2, 0.25) is 0 Å². The van der Waals surface area contributed by atoms with E-state index < -0.39 is 0 Å². The van der Waals surface area contributed by atoms with E-state index in [-0.39, 0.29) is 0 Å². The van der Waals surface area contributed by atoms with Gasteiger partial charge in [0.15, 0.2) is 5.58 Å². The molecular formula is C21H19N2O+. The lowest BCUT2D eigenvalue weighted by atomic mass is 10.1. The first-order valence-electron chi connectivity index (χ1n) is 8.61. The number of benzene rings is 2. The second-order valence-electron chi connectivity index (χ2n) is 6.36. The van der Waals surface area contributed by atoms with Gasteiger partial charge in [-0.15, -0.1) is 0 Å². The van der Waals surface area contributed by atoms with Crippen LogP contribution in [0.3, 0.4) is 0 Å². The molecular weight excluding hydrogens is 296 g/mol. The van der Waals surface area contributed by atoms with Crippen LogP contribution in [0.4, 0.5) is 0 Å². The highest BCUT2D eigenvalue weighted by Crippen LogP contribution is 2.36. The van der Waals surface area contributed by atoms with Crippen LogP contribution < -0.4 is 4.57 Å². The average molecular weight is 315 g/mol. The molecule has 0 aliphatic heterocycles. The maximum absolute atomic E-state index is 6.28. The summed E-state index contributed by atoms with van der Waals surface area (Å²) in [7, 11) is 0. The number of nitrogens with zero attached hydrogens (tertiary/aromatic N) is 2. The van der Waals surface area contributed by atoms with E-state index in [1.807, 2.05) is 6.07 Å². The molecule has 0 aliphatic rings. The van der Waals surface area contributed by atoms with Gasteiger partial charge in [-0.1, -0.05) is 43.7 Å². The van der Waals surface area contributed by atoms with Gasteiger partial charge >= 0.3 is 0 Å². The third-order valence-corrected chi connectivity index (χ3v) is 4.88. The van der Waals surface area contributed by atoms with Crippen LogP contribution in [0.5, 0.6) is 0 Å². The van der Waals surface area contributed by atoms with E-state index in [1.165, 1.54) is 34.8 Å². The number of para-hydroxylation sites is 2. The molecule has 0 saturated heterocycles. The molecule has 0 fully saturated rings. The van der Waals surface area contributed by atoms with Crippen molar-refractivity contribution in [1.29, 1.82) is 0 Å². The SMILES string of the molecule is CCCC[n+]1ccn2c3ccccc3c3oc4ccccc4c3c21. The molecule has 3 heteroatoms. The minimum Gasteiger partial charge on any atom is -0.455 e. The number of imidazole rings is 1. The van der Waals surface area contributed by atoms with Gasteiger partial charge in [-0.25, -0.2) is 4.57 Å². The Morgan fingerprint density at radius 3 is 2.67 bits per heavy atom. The largest absolute Gasteiger partial charge is 0.455 e. The predicted molar refractivity (Wildman–Crippen MR) is 97.3 cm³/mol. The van der Waals surface area contributed by atoms with E-state index in [9.17, 15) is 0 Å². The summed E-state index contributed by atoms with van der Waals surface area (Å²) in [4.78, 5) is 0. The smallest absolute Gasteiger partial charge is 0.298 e. The molecule has 0 bridgehead atoms. The van der Waals surface area contributed by atoms with Gasteiger partial charge in [-0.3, -0.25) is 0 Å². The molecule has 5 aromatic rings. The van der Waals surface area contributed by atoms with Crippen LogP contribution in [0.25, 0.3) is 38.5 Å². The van der Waals surface area contributed by atoms with E-state index in [0.717, 1.165) is 23.1 Å². The Morgan fingerprint density at radius 1 is 1.00 bits per heavy atom. The van der Waals surface area contributed by atoms with Gasteiger partial charge in [-0.2, -0.15) is 4.40 Å². The van der Waals surface area contributed by atoms with Crippen molar-refractivity contribution in [3.63, 3.8) is 0 Å². The van der Waals surface area contributed by atoms with Crippen molar-refractivity contribution in [2.75, 3.05) is 0 Å². The molecule has 0 spiro atoms. The molecule has 0 aliphatic carbocycles. The molecule has 0 N–H and O–H groups in total. The van der Waals surface area contributed by atoms with Crippen LogP contribution in [-0.4, -0.2) is 4.40 Å². The Balaban J connectivity index is 2.05. The fraction of sp³-hybridized carbons (Fsp3) is 0.190. The number of hydrogen-bond acceptors (Lipinski definition) is 1. The predicted octanol–water partition coefficient (Wildman–Crippen LogP) is 5.08. The molecule has 0 amide bonds. The van der Waals surface area contributed by atoms with Gasteiger partial charge in [0.05, 0.1) is 11.9 Å². The first-order chi connectivity index (χ1) is 11.9. The molecule has 3 heterocycles. The second kappa shape index (κ2) is 5.10. The van der Waals surface area contributed by atoms with Crippen molar-refractivity contribution in [1.82, 2.24) is 4.40 Å². The molecule has 0 radical (unpaired) electrons. The summed E-state index contributed by atoms with van der Waals surface area (Å²) in [6.45, 7) is 3.26. The lowest BCUT2D eigenvalue weighted by molar-refractivity contribution is -0.670. The number of furan rings is 1. The summed E-state index contributed by atoms with van der Waals surface area (Å²) in [5.41, 5.74) is 4.36. The van der Waals surface area contributed by atoms with E-state index in [2.05, 4.69) is 70.7 Å². The summed E-state index contributed by atoms with van der Waals surface area (Å²) in [6, 6.07) is 16.8. The number of fused-ring (bicyclic) bond motifs is 8. The standard InChI is InChI=1S/C21H19N2O/c1-2-3-12-22-13-14-23-17-10-6-4-8-15(17)20-19(21(22)23)16-9-5-7-11-18(16)24-20/h4-11,13-14H,2-3,12H2,1H3/q+1. The van der Waals surface area contributed by atoms with Crippen molar-refractivity contribution >= 4 is 38.5 Å². The maximum atomic E-state index is 6.28. The number of unbranched alkanes of at least 4 members (excludes halogenated alkanes) is 1. The van der Waals surface area contributed by atoms with Crippen LogP contribution in [0.1, 0.15) is 19.8 Å². The molecule has 0 atom stereocenters. The van der Waals surface area contributed by atoms with Gasteiger partial charge in [0.1, 0.15) is 28.9 Å². The van der Waals surface area contributed by atoms with Crippen molar-refractivity contribution < 1.29 is 8.98 Å². The zero-order chi connectivity index (χ0) is 16.1. The second-order valence-corrected chi connectivity index (χ2v) is 6.36. The van der Waals surface area contributed by atoms with E-state index in [4.69, 9.17) is 4.42 Å². The van der Waals surface area contributed by atoms with Crippen molar-refractivity contribution in [3.05, 3.63) is 60.9 Å². The molecule has 3 nitrogen and oxygen atoms in total. The lowest BCUT2D eigenvalue weighted by Gasteiger charge is -2.01. The fourth-order valence-corrected chi connectivity index (χ4v) is 3.73. The van der Waals surface area contributed by atoms with Crippen molar-refractivity contribution in [2.24, 2.45) is 0 Å². The highest BCUT2D eigenvalue weighted by atomic mass is 16.3. The Labute approximate surface area is 139 Å². The molecule has 0 unspecified atom stereocenters. The first kappa shape index (κ1) is 13.6. The fourth-order valence-electron chi connectivity index (χ4n) is 3.73. The first-order valence-corrected chi connectivity index (χ1v) is 8.61. The molecule has 24 heavy (non-hydrogen) atoms. The Morgan fingerprint density at radius 2 is 1.79 bits per heavy atom. The van der Waals surface area contributed by atoms with E-state index in [0.29, 0.717) is 0 Å².